The van der Waals surface area contributed by atoms with Crippen LogP contribution in [0.15, 0.2) is 48.0 Å². The Morgan fingerprint density at radius 1 is 1.24 bits per heavy atom. The van der Waals surface area contributed by atoms with Crippen LogP contribution < -0.4 is 10.1 Å². The largest absolute Gasteiger partial charge is 0.483 e. The Labute approximate surface area is 191 Å². The number of likely N-dealkylation sites (N-methyl/N-ethyl adjacent to an activating group) is 1. The van der Waals surface area contributed by atoms with Crippen LogP contribution in [0.3, 0.4) is 0 Å². The number of amides is 3. The lowest BCUT2D eigenvalue weighted by Gasteiger charge is -2.40. The minimum atomic E-state index is -0.867. The molecular formula is C24H26N4O5. The van der Waals surface area contributed by atoms with Gasteiger partial charge in [-0.25, -0.2) is 4.79 Å². The summed E-state index contributed by atoms with van der Waals surface area (Å²) in [6.07, 6.45) is 0. The first kappa shape index (κ1) is 22.3. The lowest BCUT2D eigenvalue weighted by molar-refractivity contribution is -0.384. The van der Waals surface area contributed by atoms with Crippen molar-refractivity contribution < 1.29 is 19.2 Å². The molecule has 2 heterocycles. The average molecular weight is 450 g/mol. The van der Waals surface area contributed by atoms with E-state index in [4.69, 9.17) is 4.74 Å². The van der Waals surface area contributed by atoms with Gasteiger partial charge in [0, 0.05) is 49.0 Å². The van der Waals surface area contributed by atoms with Crippen LogP contribution in [-0.2, 0) is 6.54 Å². The fourth-order valence-corrected chi connectivity index (χ4v) is 4.29. The number of nitro benzene ring substituents is 1. The Balaban J connectivity index is 1.91. The first-order valence-corrected chi connectivity index (χ1v) is 10.7. The van der Waals surface area contributed by atoms with Gasteiger partial charge in [-0.1, -0.05) is 18.2 Å². The smallest absolute Gasteiger partial charge is 0.317 e. The van der Waals surface area contributed by atoms with Gasteiger partial charge in [-0.05, 0) is 38.5 Å². The quantitative estimate of drug-likeness (QED) is 0.551. The molecule has 0 spiro atoms. The molecule has 0 saturated heterocycles. The zero-order valence-corrected chi connectivity index (χ0v) is 19.0. The molecule has 0 aromatic heterocycles. The maximum absolute atomic E-state index is 13.4. The lowest BCUT2D eigenvalue weighted by Crippen LogP contribution is -2.45. The van der Waals surface area contributed by atoms with E-state index in [1.54, 1.807) is 24.1 Å². The molecule has 0 atom stereocenters. The number of fused-ring (bicyclic) bond motifs is 2. The van der Waals surface area contributed by atoms with Gasteiger partial charge < -0.3 is 19.9 Å². The molecule has 2 aromatic rings. The monoisotopic (exact) mass is 450 g/mol. The molecule has 1 N–H and O–H groups in total. The Hall–Kier alpha value is -3.88. The molecule has 2 aromatic carbocycles. The summed E-state index contributed by atoms with van der Waals surface area (Å²) in [6, 6.07) is 11.5. The zero-order chi connectivity index (χ0) is 23.9. The van der Waals surface area contributed by atoms with E-state index in [1.165, 1.54) is 17.0 Å². The standard InChI is InChI=1S/C24H26N4O5/c1-5-25-23(30)26(4)14-19-21(27-13-15-8-6-7-9-17(15)22(27)29)18-12-16(28(31)32)10-11-20(18)33-24(19,2)3/h6-12H,5,13-14H2,1-4H3,(H,25,30). The highest BCUT2D eigenvalue weighted by Crippen LogP contribution is 2.46. The summed E-state index contributed by atoms with van der Waals surface area (Å²) in [7, 11) is 1.66. The van der Waals surface area contributed by atoms with Crippen molar-refractivity contribution in [2.45, 2.75) is 32.9 Å². The van der Waals surface area contributed by atoms with Crippen LogP contribution in [0.5, 0.6) is 5.75 Å². The topological polar surface area (TPSA) is 105 Å². The number of rotatable bonds is 5. The van der Waals surface area contributed by atoms with Gasteiger partial charge in [0.05, 0.1) is 17.2 Å². The zero-order valence-electron chi connectivity index (χ0n) is 19.0. The van der Waals surface area contributed by atoms with Gasteiger partial charge in [0.1, 0.15) is 11.4 Å². The highest BCUT2D eigenvalue weighted by Gasteiger charge is 2.42. The molecule has 4 rings (SSSR count). The fraction of sp³-hybridized carbons (Fsp3) is 0.333. The van der Waals surface area contributed by atoms with Crippen molar-refractivity contribution >= 4 is 23.3 Å². The van der Waals surface area contributed by atoms with Crippen molar-refractivity contribution in [2.24, 2.45) is 0 Å². The number of ether oxygens (including phenoxy) is 1. The molecule has 172 valence electrons. The molecule has 3 amide bonds. The van der Waals surface area contributed by atoms with Gasteiger partial charge in [-0.15, -0.1) is 0 Å². The van der Waals surface area contributed by atoms with Crippen molar-refractivity contribution in [2.75, 3.05) is 20.1 Å². The molecule has 9 nitrogen and oxygen atoms in total. The fourth-order valence-electron chi connectivity index (χ4n) is 4.29. The third-order valence-electron chi connectivity index (χ3n) is 5.97. The maximum atomic E-state index is 13.4. The van der Waals surface area contributed by atoms with E-state index in [-0.39, 0.29) is 24.2 Å². The summed E-state index contributed by atoms with van der Waals surface area (Å²) in [6.45, 7) is 6.55. The summed E-state index contributed by atoms with van der Waals surface area (Å²) in [5.74, 6) is 0.266. The van der Waals surface area contributed by atoms with E-state index < -0.39 is 10.5 Å². The van der Waals surface area contributed by atoms with Crippen molar-refractivity contribution in [1.82, 2.24) is 15.1 Å². The second-order valence-electron chi connectivity index (χ2n) is 8.62. The van der Waals surface area contributed by atoms with Crippen molar-refractivity contribution in [3.05, 3.63) is 74.8 Å². The summed E-state index contributed by atoms with van der Waals surface area (Å²) >= 11 is 0. The van der Waals surface area contributed by atoms with E-state index in [0.29, 0.717) is 41.2 Å². The first-order chi connectivity index (χ1) is 15.6. The summed E-state index contributed by atoms with van der Waals surface area (Å²) in [5, 5.41) is 14.3. The minimum Gasteiger partial charge on any atom is -0.483 e. The van der Waals surface area contributed by atoms with Gasteiger partial charge in [0.25, 0.3) is 11.6 Å². The molecule has 0 unspecified atom stereocenters. The van der Waals surface area contributed by atoms with E-state index in [0.717, 1.165) is 5.56 Å². The molecular weight excluding hydrogens is 424 g/mol. The second kappa shape index (κ2) is 8.23. The Bertz CT molecular complexity index is 1190. The Kier molecular flexibility index (Phi) is 5.57. The van der Waals surface area contributed by atoms with Crippen molar-refractivity contribution in [3.63, 3.8) is 0 Å². The number of hydrogen-bond acceptors (Lipinski definition) is 5. The van der Waals surface area contributed by atoms with Crippen LogP contribution >= 0.6 is 0 Å². The number of hydrogen-bond donors (Lipinski definition) is 1. The number of carbonyl (C=O) groups excluding carboxylic acids is 2. The van der Waals surface area contributed by atoms with Gasteiger partial charge in [-0.2, -0.15) is 0 Å². The van der Waals surface area contributed by atoms with Gasteiger partial charge in [0.15, 0.2) is 0 Å². The normalized spacial score (nSPS) is 16.1. The molecule has 0 aliphatic carbocycles. The van der Waals surface area contributed by atoms with Gasteiger partial charge in [0.2, 0.25) is 0 Å². The number of nitro groups is 1. The predicted octanol–water partition coefficient (Wildman–Crippen LogP) is 3.79. The molecule has 2 aliphatic rings. The average Bonchev–Trinajstić information content (AvgIpc) is 3.10. The van der Waals surface area contributed by atoms with Crippen LogP contribution in [0, 0.1) is 10.1 Å². The number of urea groups is 1. The van der Waals surface area contributed by atoms with Crippen LogP contribution in [0.1, 0.15) is 42.3 Å². The van der Waals surface area contributed by atoms with Gasteiger partial charge >= 0.3 is 6.03 Å². The predicted molar refractivity (Wildman–Crippen MR) is 123 cm³/mol. The third-order valence-corrected chi connectivity index (χ3v) is 5.97. The highest BCUT2D eigenvalue weighted by atomic mass is 16.6. The number of carbonyl (C=O) groups is 2. The van der Waals surface area contributed by atoms with Crippen molar-refractivity contribution in [1.29, 1.82) is 0 Å². The van der Waals surface area contributed by atoms with Crippen LogP contribution in [0.2, 0.25) is 0 Å². The molecule has 0 saturated carbocycles. The van der Waals surface area contributed by atoms with Crippen molar-refractivity contribution in [3.8, 4) is 5.75 Å². The van der Waals surface area contributed by atoms with Crippen LogP contribution in [0.4, 0.5) is 10.5 Å². The molecule has 0 bridgehead atoms. The van der Waals surface area contributed by atoms with E-state index >= 15 is 0 Å². The number of non-ortho nitro benzene ring substituents is 1. The SMILES string of the molecule is CCNC(=O)N(C)CC1=C(N2Cc3ccccc3C2=O)c2cc([N+](=O)[O-])ccc2OC1(C)C. The molecule has 9 heteroatoms. The molecule has 0 radical (unpaired) electrons. The van der Waals surface area contributed by atoms with E-state index in [1.807, 2.05) is 39.0 Å². The maximum Gasteiger partial charge on any atom is 0.317 e. The van der Waals surface area contributed by atoms with Crippen LogP contribution in [0.25, 0.3) is 5.70 Å². The Morgan fingerprint density at radius 2 is 1.97 bits per heavy atom. The Morgan fingerprint density at radius 3 is 2.64 bits per heavy atom. The van der Waals surface area contributed by atoms with Gasteiger partial charge in [-0.3, -0.25) is 14.9 Å². The van der Waals surface area contributed by atoms with Crippen LogP contribution in [-0.4, -0.2) is 52.4 Å². The minimum absolute atomic E-state index is 0.102. The van der Waals surface area contributed by atoms with E-state index in [9.17, 15) is 19.7 Å². The second-order valence-corrected chi connectivity index (χ2v) is 8.62. The summed E-state index contributed by atoms with van der Waals surface area (Å²) < 4.78 is 6.23. The molecule has 2 aliphatic heterocycles. The number of nitrogens with zero attached hydrogens (tertiary/aromatic N) is 3. The molecule has 33 heavy (non-hydrogen) atoms. The highest BCUT2D eigenvalue weighted by molar-refractivity contribution is 6.04. The van der Waals surface area contributed by atoms with E-state index in [2.05, 4.69) is 5.32 Å². The number of nitrogens with one attached hydrogen (secondary N) is 1. The lowest BCUT2D eigenvalue weighted by atomic mass is 9.88. The molecule has 0 fully saturated rings. The third kappa shape index (κ3) is 3.90. The summed E-state index contributed by atoms with van der Waals surface area (Å²) in [5.41, 5.74) is 2.20. The number of benzene rings is 2. The summed E-state index contributed by atoms with van der Waals surface area (Å²) in [4.78, 5) is 40.1. The first-order valence-electron chi connectivity index (χ1n) is 10.7.